The first-order valence-electron chi connectivity index (χ1n) is 11.4. The Labute approximate surface area is 206 Å². The summed E-state index contributed by atoms with van der Waals surface area (Å²) in [7, 11) is 1.59. The van der Waals surface area contributed by atoms with E-state index in [2.05, 4.69) is 35.5 Å². The Morgan fingerprint density at radius 2 is 1.69 bits per heavy atom. The number of nitrogens with zero attached hydrogens (tertiary/aromatic N) is 5. The molecule has 0 bridgehead atoms. The fraction of sp³-hybridized carbons (Fsp3) is 0.280. The van der Waals surface area contributed by atoms with Gasteiger partial charge in [0.1, 0.15) is 5.82 Å². The molecule has 36 heavy (non-hydrogen) atoms. The van der Waals surface area contributed by atoms with Crippen molar-refractivity contribution < 1.29 is 18.6 Å². The Morgan fingerprint density at radius 3 is 2.47 bits per heavy atom. The molecule has 11 heteroatoms. The Hall–Kier alpha value is -4.12. The van der Waals surface area contributed by atoms with Crippen LogP contribution in [0.1, 0.15) is 19.8 Å². The zero-order valence-corrected chi connectivity index (χ0v) is 19.8. The number of rotatable bonds is 6. The van der Waals surface area contributed by atoms with Crippen molar-refractivity contribution in [2.75, 3.05) is 35.7 Å². The summed E-state index contributed by atoms with van der Waals surface area (Å²) < 4.78 is 32.6. The average Bonchev–Trinajstić information content (AvgIpc) is 2.85. The third kappa shape index (κ3) is 5.10. The number of piperidine rings is 1. The molecule has 9 nitrogen and oxygen atoms in total. The van der Waals surface area contributed by atoms with Gasteiger partial charge < -0.3 is 25.4 Å². The summed E-state index contributed by atoms with van der Waals surface area (Å²) in [4.78, 5) is 19.6. The number of hydrogen-bond acceptors (Lipinski definition) is 9. The van der Waals surface area contributed by atoms with Gasteiger partial charge >= 0.3 is 0 Å². The van der Waals surface area contributed by atoms with E-state index in [1.807, 2.05) is 13.0 Å². The minimum absolute atomic E-state index is 0.326. The van der Waals surface area contributed by atoms with E-state index >= 15 is 0 Å². The van der Waals surface area contributed by atoms with Gasteiger partial charge in [0.2, 0.25) is 5.95 Å². The molecule has 4 heterocycles. The van der Waals surface area contributed by atoms with Crippen LogP contribution < -0.4 is 20.3 Å². The van der Waals surface area contributed by atoms with Crippen molar-refractivity contribution in [3.8, 4) is 5.75 Å². The SMILES string of the molecule is COc1cc(Nc2nccc(Nc3cnc4cc(F)c(F)cc4c3)n2)cnc1N1CCC(C)(O)CC1. The summed E-state index contributed by atoms with van der Waals surface area (Å²) in [6, 6.07) is 7.32. The molecule has 1 fully saturated rings. The predicted octanol–water partition coefficient (Wildman–Crippen LogP) is 4.55. The van der Waals surface area contributed by atoms with Crippen molar-refractivity contribution in [1.29, 1.82) is 0 Å². The van der Waals surface area contributed by atoms with E-state index in [0.717, 1.165) is 18.0 Å². The van der Waals surface area contributed by atoms with Gasteiger partial charge in [-0.3, -0.25) is 4.98 Å². The molecular formula is C25H25F2N7O2. The number of halogens is 2. The Bertz CT molecular complexity index is 1410. The molecule has 1 aromatic carbocycles. The molecule has 0 atom stereocenters. The minimum atomic E-state index is -0.939. The van der Waals surface area contributed by atoms with Gasteiger partial charge in [-0.2, -0.15) is 4.98 Å². The third-order valence-corrected chi connectivity index (χ3v) is 6.10. The second-order valence-corrected chi connectivity index (χ2v) is 8.93. The average molecular weight is 494 g/mol. The van der Waals surface area contributed by atoms with Crippen LogP contribution in [0.5, 0.6) is 5.75 Å². The number of fused-ring (bicyclic) bond motifs is 1. The molecule has 0 spiro atoms. The van der Waals surface area contributed by atoms with Crippen molar-refractivity contribution in [2.24, 2.45) is 0 Å². The Morgan fingerprint density at radius 1 is 0.972 bits per heavy atom. The maximum atomic E-state index is 13.6. The molecule has 3 N–H and O–H groups in total. The molecule has 1 aliphatic rings. The van der Waals surface area contributed by atoms with Gasteiger partial charge in [0.15, 0.2) is 23.2 Å². The molecule has 0 amide bonds. The number of anilines is 5. The van der Waals surface area contributed by atoms with Crippen molar-refractivity contribution >= 4 is 39.9 Å². The van der Waals surface area contributed by atoms with Gasteiger partial charge in [-0.05, 0) is 38.0 Å². The number of nitrogens with one attached hydrogen (secondary N) is 2. The lowest BCUT2D eigenvalue weighted by molar-refractivity contribution is 0.0349. The Balaban J connectivity index is 1.31. The van der Waals surface area contributed by atoms with Crippen LogP contribution in [0.3, 0.4) is 0 Å². The number of pyridine rings is 2. The van der Waals surface area contributed by atoms with E-state index in [1.165, 1.54) is 6.20 Å². The van der Waals surface area contributed by atoms with Crippen LogP contribution in [0, 0.1) is 11.6 Å². The quantitative estimate of drug-likeness (QED) is 0.357. The lowest BCUT2D eigenvalue weighted by atomic mass is 9.94. The lowest BCUT2D eigenvalue weighted by Gasteiger charge is -2.36. The highest BCUT2D eigenvalue weighted by Crippen LogP contribution is 2.33. The van der Waals surface area contributed by atoms with Crippen LogP contribution in [-0.2, 0) is 0 Å². The maximum Gasteiger partial charge on any atom is 0.229 e. The second-order valence-electron chi connectivity index (χ2n) is 8.93. The maximum absolute atomic E-state index is 13.6. The first kappa shape index (κ1) is 23.6. The zero-order chi connectivity index (χ0) is 25.3. The molecule has 1 aliphatic heterocycles. The highest BCUT2D eigenvalue weighted by molar-refractivity contribution is 5.82. The molecule has 0 radical (unpaired) electrons. The number of aliphatic hydroxyl groups is 1. The zero-order valence-electron chi connectivity index (χ0n) is 19.8. The largest absolute Gasteiger partial charge is 0.493 e. The molecule has 4 aromatic rings. The van der Waals surface area contributed by atoms with Crippen LogP contribution in [0.15, 0.2) is 48.9 Å². The van der Waals surface area contributed by atoms with Gasteiger partial charge in [-0.25, -0.2) is 18.7 Å². The third-order valence-electron chi connectivity index (χ3n) is 6.10. The number of ether oxygens (including phenoxy) is 1. The molecule has 5 rings (SSSR count). The smallest absolute Gasteiger partial charge is 0.229 e. The van der Waals surface area contributed by atoms with Crippen LogP contribution in [0.2, 0.25) is 0 Å². The van der Waals surface area contributed by atoms with E-state index in [4.69, 9.17) is 4.74 Å². The summed E-state index contributed by atoms with van der Waals surface area (Å²) in [6.07, 6.45) is 6.09. The van der Waals surface area contributed by atoms with Crippen molar-refractivity contribution in [1.82, 2.24) is 19.9 Å². The van der Waals surface area contributed by atoms with E-state index in [0.29, 0.717) is 65.7 Å². The summed E-state index contributed by atoms with van der Waals surface area (Å²) in [5.41, 5.74) is 0.899. The van der Waals surface area contributed by atoms with E-state index < -0.39 is 17.2 Å². The standard InChI is InChI=1S/C25H25F2N7O2/c1-25(35)4-7-34(8-5-25)23-21(36-2)11-17(14-30-23)32-24-28-6-3-22(33-24)31-16-9-15-10-18(26)19(27)12-20(15)29-13-16/h3,6,9-14,35H,4-5,7-8H2,1-2H3,(H2,28,31,32,33). The number of aromatic nitrogens is 4. The monoisotopic (exact) mass is 493 g/mol. The van der Waals surface area contributed by atoms with Gasteiger partial charge in [0.25, 0.3) is 0 Å². The van der Waals surface area contributed by atoms with Crippen LogP contribution in [0.4, 0.5) is 37.7 Å². The normalized spacial score (nSPS) is 15.1. The van der Waals surface area contributed by atoms with Crippen LogP contribution in [0.25, 0.3) is 10.9 Å². The fourth-order valence-corrected chi connectivity index (χ4v) is 4.05. The lowest BCUT2D eigenvalue weighted by Crippen LogP contribution is -2.42. The van der Waals surface area contributed by atoms with Gasteiger partial charge in [-0.1, -0.05) is 0 Å². The second kappa shape index (κ2) is 9.50. The molecule has 1 saturated heterocycles. The molecule has 0 aliphatic carbocycles. The van der Waals surface area contributed by atoms with Crippen molar-refractivity contribution in [3.63, 3.8) is 0 Å². The van der Waals surface area contributed by atoms with Gasteiger partial charge in [0, 0.05) is 36.8 Å². The first-order valence-corrected chi connectivity index (χ1v) is 11.4. The number of benzene rings is 1. The van der Waals surface area contributed by atoms with Crippen molar-refractivity contribution in [2.45, 2.75) is 25.4 Å². The van der Waals surface area contributed by atoms with E-state index in [1.54, 1.807) is 31.6 Å². The molecule has 186 valence electrons. The summed E-state index contributed by atoms with van der Waals surface area (Å²) in [5, 5.41) is 16.9. The van der Waals surface area contributed by atoms with Crippen LogP contribution >= 0.6 is 0 Å². The summed E-state index contributed by atoms with van der Waals surface area (Å²) >= 11 is 0. The molecule has 0 unspecified atom stereocenters. The molecule has 0 saturated carbocycles. The predicted molar refractivity (Wildman–Crippen MR) is 133 cm³/mol. The number of methoxy groups -OCH3 is 1. The van der Waals surface area contributed by atoms with E-state index in [-0.39, 0.29) is 0 Å². The molecule has 3 aromatic heterocycles. The first-order chi connectivity index (χ1) is 17.3. The van der Waals surface area contributed by atoms with Gasteiger partial charge in [0.05, 0.1) is 42.0 Å². The summed E-state index contributed by atoms with van der Waals surface area (Å²) in [5.74, 6) is 0.250. The number of hydrogen-bond donors (Lipinski definition) is 3. The minimum Gasteiger partial charge on any atom is -0.493 e. The van der Waals surface area contributed by atoms with Crippen molar-refractivity contribution in [3.05, 3.63) is 60.6 Å². The van der Waals surface area contributed by atoms with E-state index in [9.17, 15) is 13.9 Å². The molecular weight excluding hydrogens is 468 g/mol. The highest BCUT2D eigenvalue weighted by atomic mass is 19.2. The topological polar surface area (TPSA) is 108 Å². The van der Waals surface area contributed by atoms with Gasteiger partial charge in [-0.15, -0.1) is 0 Å². The highest BCUT2D eigenvalue weighted by Gasteiger charge is 2.29. The fourth-order valence-electron chi connectivity index (χ4n) is 4.05. The van der Waals surface area contributed by atoms with Crippen LogP contribution in [-0.4, -0.2) is 50.8 Å². The Kier molecular flexibility index (Phi) is 6.23. The summed E-state index contributed by atoms with van der Waals surface area (Å²) in [6.45, 7) is 3.22.